The lowest BCUT2D eigenvalue weighted by Gasteiger charge is -2.34. The molecule has 4 rings (SSSR count). The van der Waals surface area contributed by atoms with E-state index >= 15 is 0 Å². The van der Waals surface area contributed by atoms with Gasteiger partial charge in [0.2, 0.25) is 5.91 Å². The van der Waals surface area contributed by atoms with E-state index in [2.05, 4.69) is 30.9 Å². The van der Waals surface area contributed by atoms with Gasteiger partial charge in [0.05, 0.1) is 23.7 Å². The first-order valence-electron chi connectivity index (χ1n) is 9.57. The maximum atomic E-state index is 12.7. The monoisotopic (exact) mass is 395 g/mol. The lowest BCUT2D eigenvalue weighted by molar-refractivity contribution is -0.130. The van der Waals surface area contributed by atoms with E-state index in [1.165, 1.54) is 15.8 Å². The van der Waals surface area contributed by atoms with Gasteiger partial charge in [0.1, 0.15) is 5.75 Å². The summed E-state index contributed by atoms with van der Waals surface area (Å²) in [6, 6.07) is 12.0. The number of thiazole rings is 1. The van der Waals surface area contributed by atoms with E-state index in [1.807, 2.05) is 29.2 Å². The molecule has 3 aromatic rings. The van der Waals surface area contributed by atoms with E-state index in [0.29, 0.717) is 6.42 Å². The van der Waals surface area contributed by atoms with Gasteiger partial charge in [-0.05, 0) is 48.7 Å². The second-order valence-electron chi connectivity index (χ2n) is 7.24. The molecule has 6 heteroatoms. The molecular weight excluding hydrogens is 370 g/mol. The summed E-state index contributed by atoms with van der Waals surface area (Å²) in [5.74, 6) is 0.992. The van der Waals surface area contributed by atoms with Crippen LogP contribution in [0.4, 0.5) is 5.13 Å². The standard InChI is InChI=1S/C22H25N3O2S/c1-15-4-9-19-21(16(15)2)23-22(28-19)25-12-10-24(11-13-25)20(26)14-17-5-7-18(27-3)8-6-17/h4-9H,10-14H2,1-3H3. The van der Waals surface area contributed by atoms with Crippen LogP contribution in [0.1, 0.15) is 16.7 Å². The summed E-state index contributed by atoms with van der Waals surface area (Å²) in [5, 5.41) is 1.06. The van der Waals surface area contributed by atoms with Gasteiger partial charge in [0.25, 0.3) is 0 Å². The van der Waals surface area contributed by atoms with Gasteiger partial charge in [-0.25, -0.2) is 4.98 Å². The number of carbonyl (C=O) groups is 1. The lowest BCUT2D eigenvalue weighted by Crippen LogP contribution is -2.49. The molecule has 2 aromatic carbocycles. The molecule has 28 heavy (non-hydrogen) atoms. The number of rotatable bonds is 4. The molecule has 2 heterocycles. The molecule has 0 spiro atoms. The molecule has 0 aliphatic carbocycles. The predicted molar refractivity (Wildman–Crippen MR) is 115 cm³/mol. The number of hydrogen-bond acceptors (Lipinski definition) is 5. The molecule has 0 N–H and O–H groups in total. The van der Waals surface area contributed by atoms with Crippen LogP contribution < -0.4 is 9.64 Å². The normalized spacial score (nSPS) is 14.5. The van der Waals surface area contributed by atoms with Gasteiger partial charge >= 0.3 is 0 Å². The Morgan fingerprint density at radius 3 is 2.46 bits per heavy atom. The van der Waals surface area contributed by atoms with Crippen LogP contribution in [0.5, 0.6) is 5.75 Å². The molecule has 0 bridgehead atoms. The maximum Gasteiger partial charge on any atom is 0.227 e. The highest BCUT2D eigenvalue weighted by atomic mass is 32.1. The van der Waals surface area contributed by atoms with E-state index < -0.39 is 0 Å². The van der Waals surface area contributed by atoms with E-state index in [0.717, 1.165) is 48.1 Å². The number of methoxy groups -OCH3 is 1. The van der Waals surface area contributed by atoms with Crippen LogP contribution in [0.3, 0.4) is 0 Å². The first kappa shape index (κ1) is 18.7. The van der Waals surface area contributed by atoms with Crippen LogP contribution in [-0.2, 0) is 11.2 Å². The molecule has 0 saturated carbocycles. The number of anilines is 1. The highest BCUT2D eigenvalue weighted by Gasteiger charge is 2.23. The molecule has 1 aliphatic rings. The topological polar surface area (TPSA) is 45.7 Å². The van der Waals surface area contributed by atoms with Gasteiger partial charge in [-0.1, -0.05) is 29.5 Å². The number of piperazine rings is 1. The number of carbonyl (C=O) groups excluding carboxylic acids is 1. The summed E-state index contributed by atoms with van der Waals surface area (Å²) >= 11 is 1.74. The van der Waals surface area contributed by atoms with Crippen molar-refractivity contribution in [1.82, 2.24) is 9.88 Å². The minimum absolute atomic E-state index is 0.181. The number of hydrogen-bond donors (Lipinski definition) is 0. The van der Waals surface area contributed by atoms with Crippen LogP contribution >= 0.6 is 11.3 Å². The van der Waals surface area contributed by atoms with Crippen molar-refractivity contribution in [3.8, 4) is 5.75 Å². The fourth-order valence-corrected chi connectivity index (χ4v) is 4.60. The Labute approximate surface area is 169 Å². The van der Waals surface area contributed by atoms with Crippen molar-refractivity contribution in [3.63, 3.8) is 0 Å². The van der Waals surface area contributed by atoms with Crippen LogP contribution in [0.25, 0.3) is 10.2 Å². The molecule has 1 aliphatic heterocycles. The lowest BCUT2D eigenvalue weighted by atomic mass is 10.1. The van der Waals surface area contributed by atoms with E-state index in [9.17, 15) is 4.79 Å². The number of benzene rings is 2. The van der Waals surface area contributed by atoms with Gasteiger partial charge in [0.15, 0.2) is 5.13 Å². The molecular formula is C22H25N3O2S. The second kappa shape index (κ2) is 7.80. The Bertz CT molecular complexity index is 989. The summed E-state index contributed by atoms with van der Waals surface area (Å²) in [6.07, 6.45) is 0.434. The van der Waals surface area contributed by atoms with Crippen LogP contribution in [0.2, 0.25) is 0 Å². The van der Waals surface area contributed by atoms with Crippen molar-refractivity contribution >= 4 is 32.6 Å². The molecule has 1 saturated heterocycles. The summed E-state index contributed by atoms with van der Waals surface area (Å²) in [5.41, 5.74) is 4.66. The first-order valence-corrected chi connectivity index (χ1v) is 10.4. The minimum Gasteiger partial charge on any atom is -0.497 e. The number of aryl methyl sites for hydroxylation is 2. The molecule has 1 fully saturated rings. The SMILES string of the molecule is COc1ccc(CC(=O)N2CCN(c3nc4c(C)c(C)ccc4s3)CC2)cc1. The number of fused-ring (bicyclic) bond motifs is 1. The summed E-state index contributed by atoms with van der Waals surface area (Å²) in [7, 11) is 1.65. The van der Waals surface area contributed by atoms with Gasteiger partial charge < -0.3 is 14.5 Å². The van der Waals surface area contributed by atoms with E-state index in [1.54, 1.807) is 18.4 Å². The molecule has 0 atom stereocenters. The average Bonchev–Trinajstić information content (AvgIpc) is 3.16. The zero-order valence-electron chi connectivity index (χ0n) is 16.6. The zero-order valence-corrected chi connectivity index (χ0v) is 17.4. The molecule has 5 nitrogen and oxygen atoms in total. The fraction of sp³-hybridized carbons (Fsp3) is 0.364. The third kappa shape index (κ3) is 3.69. The maximum absolute atomic E-state index is 12.7. The Kier molecular flexibility index (Phi) is 5.22. The van der Waals surface area contributed by atoms with E-state index in [-0.39, 0.29) is 5.91 Å². The van der Waals surface area contributed by atoms with Gasteiger partial charge in [-0.2, -0.15) is 0 Å². The number of aromatic nitrogens is 1. The van der Waals surface area contributed by atoms with Crippen molar-refractivity contribution < 1.29 is 9.53 Å². The fourth-order valence-electron chi connectivity index (χ4n) is 3.53. The largest absolute Gasteiger partial charge is 0.497 e. The summed E-state index contributed by atoms with van der Waals surface area (Å²) in [6.45, 7) is 7.39. The highest BCUT2D eigenvalue weighted by Crippen LogP contribution is 2.32. The minimum atomic E-state index is 0.181. The van der Waals surface area contributed by atoms with Gasteiger partial charge in [-0.3, -0.25) is 4.79 Å². The van der Waals surface area contributed by atoms with Crippen molar-refractivity contribution in [2.75, 3.05) is 38.2 Å². The smallest absolute Gasteiger partial charge is 0.227 e. The number of amides is 1. The summed E-state index contributed by atoms with van der Waals surface area (Å²) in [4.78, 5) is 21.8. The third-order valence-corrected chi connectivity index (χ3v) is 6.57. The summed E-state index contributed by atoms with van der Waals surface area (Å²) < 4.78 is 6.41. The average molecular weight is 396 g/mol. The van der Waals surface area contributed by atoms with Crippen molar-refractivity contribution in [1.29, 1.82) is 0 Å². The Hall–Kier alpha value is -2.60. The van der Waals surface area contributed by atoms with Gasteiger partial charge in [0, 0.05) is 26.2 Å². The second-order valence-corrected chi connectivity index (χ2v) is 8.25. The van der Waals surface area contributed by atoms with Crippen molar-refractivity contribution in [2.45, 2.75) is 20.3 Å². The van der Waals surface area contributed by atoms with Crippen LogP contribution in [0.15, 0.2) is 36.4 Å². The van der Waals surface area contributed by atoms with Crippen LogP contribution in [0, 0.1) is 13.8 Å². The molecule has 0 radical (unpaired) electrons. The molecule has 146 valence electrons. The van der Waals surface area contributed by atoms with E-state index in [4.69, 9.17) is 9.72 Å². The first-order chi connectivity index (χ1) is 13.5. The van der Waals surface area contributed by atoms with Crippen molar-refractivity contribution in [3.05, 3.63) is 53.1 Å². The molecule has 1 amide bonds. The van der Waals surface area contributed by atoms with Crippen molar-refractivity contribution in [2.24, 2.45) is 0 Å². The highest BCUT2D eigenvalue weighted by molar-refractivity contribution is 7.22. The third-order valence-electron chi connectivity index (χ3n) is 5.49. The number of nitrogens with zero attached hydrogens (tertiary/aromatic N) is 3. The zero-order chi connectivity index (χ0) is 19.7. The predicted octanol–water partition coefficient (Wildman–Crippen LogP) is 3.81. The Balaban J connectivity index is 1.38. The Morgan fingerprint density at radius 2 is 1.79 bits per heavy atom. The van der Waals surface area contributed by atoms with Crippen LogP contribution in [-0.4, -0.2) is 49.1 Å². The molecule has 1 aromatic heterocycles. The Morgan fingerprint density at radius 1 is 1.07 bits per heavy atom. The number of ether oxygens (including phenoxy) is 1. The quantitative estimate of drug-likeness (QED) is 0.674. The van der Waals surface area contributed by atoms with Gasteiger partial charge in [-0.15, -0.1) is 0 Å². The molecule has 0 unspecified atom stereocenters.